The lowest BCUT2D eigenvalue weighted by atomic mass is 10.1. The van der Waals surface area contributed by atoms with E-state index in [2.05, 4.69) is 41.5 Å². The summed E-state index contributed by atoms with van der Waals surface area (Å²) in [6.07, 6.45) is 3.86. The highest BCUT2D eigenvalue weighted by molar-refractivity contribution is 5.22. The molecule has 1 heterocycles. The maximum atomic E-state index is 6.00. The van der Waals surface area contributed by atoms with E-state index in [9.17, 15) is 0 Å². The van der Waals surface area contributed by atoms with Crippen molar-refractivity contribution in [2.75, 3.05) is 33.7 Å². The van der Waals surface area contributed by atoms with E-state index < -0.39 is 0 Å². The SMILES string of the molecule is CNCCc1ccc(COC2CCN(C)CC2)cc1. The van der Waals surface area contributed by atoms with Gasteiger partial charge in [-0.15, -0.1) is 0 Å². The molecule has 0 saturated carbocycles. The van der Waals surface area contributed by atoms with Crippen molar-refractivity contribution >= 4 is 0 Å². The van der Waals surface area contributed by atoms with Crippen molar-refractivity contribution in [1.29, 1.82) is 0 Å². The smallest absolute Gasteiger partial charge is 0.0720 e. The highest BCUT2D eigenvalue weighted by atomic mass is 16.5. The number of rotatable bonds is 6. The van der Waals surface area contributed by atoms with E-state index in [1.54, 1.807) is 0 Å². The quantitative estimate of drug-likeness (QED) is 0.849. The Labute approximate surface area is 116 Å². The number of ether oxygens (including phenoxy) is 1. The molecule has 1 saturated heterocycles. The van der Waals surface area contributed by atoms with E-state index in [0.717, 1.165) is 45.5 Å². The normalized spacial score (nSPS) is 17.8. The van der Waals surface area contributed by atoms with Crippen molar-refractivity contribution < 1.29 is 4.74 Å². The first-order chi connectivity index (χ1) is 9.28. The maximum Gasteiger partial charge on any atom is 0.0720 e. The Hall–Kier alpha value is -0.900. The molecule has 1 N–H and O–H groups in total. The van der Waals surface area contributed by atoms with Crippen LogP contribution in [0.2, 0.25) is 0 Å². The third-order valence-electron chi connectivity index (χ3n) is 3.84. The molecule has 2 rings (SSSR count). The topological polar surface area (TPSA) is 24.5 Å². The van der Waals surface area contributed by atoms with Crippen molar-refractivity contribution in [1.82, 2.24) is 10.2 Å². The first-order valence-corrected chi connectivity index (χ1v) is 7.30. The molecule has 0 atom stereocenters. The fourth-order valence-corrected chi connectivity index (χ4v) is 2.44. The van der Waals surface area contributed by atoms with Crippen LogP contribution < -0.4 is 5.32 Å². The fourth-order valence-electron chi connectivity index (χ4n) is 2.44. The summed E-state index contributed by atoms with van der Waals surface area (Å²) in [4.78, 5) is 2.37. The largest absolute Gasteiger partial charge is 0.373 e. The van der Waals surface area contributed by atoms with Gasteiger partial charge in [0.25, 0.3) is 0 Å². The molecule has 0 aliphatic carbocycles. The van der Waals surface area contributed by atoms with Crippen LogP contribution in [0.1, 0.15) is 24.0 Å². The standard InChI is InChI=1S/C16H26N2O/c1-17-10-7-14-3-5-15(6-4-14)13-19-16-8-11-18(2)12-9-16/h3-6,16-17H,7-13H2,1-2H3. The van der Waals surface area contributed by atoms with E-state index in [0.29, 0.717) is 6.10 Å². The van der Waals surface area contributed by atoms with E-state index in [4.69, 9.17) is 4.74 Å². The molecule has 19 heavy (non-hydrogen) atoms. The summed E-state index contributed by atoms with van der Waals surface area (Å²) in [7, 11) is 4.17. The maximum absolute atomic E-state index is 6.00. The van der Waals surface area contributed by atoms with Crippen LogP contribution in [0.15, 0.2) is 24.3 Å². The van der Waals surface area contributed by atoms with Gasteiger partial charge in [0, 0.05) is 13.1 Å². The summed E-state index contributed by atoms with van der Waals surface area (Å²) in [5, 5.41) is 3.17. The highest BCUT2D eigenvalue weighted by Gasteiger charge is 2.16. The molecule has 0 unspecified atom stereocenters. The lowest BCUT2D eigenvalue weighted by Crippen LogP contribution is -2.34. The molecule has 106 valence electrons. The van der Waals surface area contributed by atoms with Gasteiger partial charge < -0.3 is 15.0 Å². The third kappa shape index (κ3) is 4.94. The minimum absolute atomic E-state index is 0.445. The van der Waals surface area contributed by atoms with Crippen LogP contribution in [-0.2, 0) is 17.8 Å². The van der Waals surface area contributed by atoms with Crippen molar-refractivity contribution in [3.8, 4) is 0 Å². The zero-order valence-corrected chi connectivity index (χ0v) is 12.2. The van der Waals surface area contributed by atoms with Gasteiger partial charge in [0.2, 0.25) is 0 Å². The van der Waals surface area contributed by atoms with Gasteiger partial charge in [-0.1, -0.05) is 24.3 Å². The molecule has 0 aromatic heterocycles. The van der Waals surface area contributed by atoms with Gasteiger partial charge in [0.05, 0.1) is 12.7 Å². The Morgan fingerprint density at radius 1 is 1.16 bits per heavy atom. The number of hydrogen-bond donors (Lipinski definition) is 1. The second-order valence-electron chi connectivity index (χ2n) is 5.48. The van der Waals surface area contributed by atoms with Crippen LogP contribution in [0.5, 0.6) is 0 Å². The summed E-state index contributed by atoms with van der Waals surface area (Å²) in [5.74, 6) is 0. The van der Waals surface area contributed by atoms with E-state index >= 15 is 0 Å². The van der Waals surface area contributed by atoms with Crippen molar-refractivity contribution in [2.24, 2.45) is 0 Å². The number of nitrogens with zero attached hydrogens (tertiary/aromatic N) is 1. The number of likely N-dealkylation sites (N-methyl/N-ethyl adjacent to an activating group) is 1. The molecule has 1 aromatic carbocycles. The van der Waals surface area contributed by atoms with Crippen molar-refractivity contribution in [3.63, 3.8) is 0 Å². The monoisotopic (exact) mass is 262 g/mol. The number of benzene rings is 1. The minimum atomic E-state index is 0.445. The Morgan fingerprint density at radius 2 is 1.79 bits per heavy atom. The van der Waals surface area contributed by atoms with Crippen LogP contribution in [0, 0.1) is 0 Å². The molecule has 1 aliphatic heterocycles. The Bertz CT molecular complexity index is 356. The van der Waals surface area contributed by atoms with Gasteiger partial charge in [0.1, 0.15) is 0 Å². The van der Waals surface area contributed by atoms with Gasteiger partial charge in [-0.25, -0.2) is 0 Å². The summed E-state index contributed by atoms with van der Waals surface area (Å²) in [6, 6.07) is 8.81. The fraction of sp³-hybridized carbons (Fsp3) is 0.625. The molecule has 3 heteroatoms. The van der Waals surface area contributed by atoms with Gasteiger partial charge in [-0.05, 0) is 51.0 Å². The molecule has 3 nitrogen and oxygen atoms in total. The number of likely N-dealkylation sites (tertiary alicyclic amines) is 1. The lowest BCUT2D eigenvalue weighted by molar-refractivity contribution is 0.00213. The highest BCUT2D eigenvalue weighted by Crippen LogP contribution is 2.15. The van der Waals surface area contributed by atoms with Crippen LogP contribution in [0.25, 0.3) is 0 Å². The van der Waals surface area contributed by atoms with Gasteiger partial charge >= 0.3 is 0 Å². The van der Waals surface area contributed by atoms with Gasteiger partial charge in [-0.2, -0.15) is 0 Å². The average Bonchev–Trinajstić information content (AvgIpc) is 2.46. The molecule has 0 spiro atoms. The molecule has 1 aromatic rings. The van der Waals surface area contributed by atoms with Crippen LogP contribution in [0.4, 0.5) is 0 Å². The number of hydrogen-bond acceptors (Lipinski definition) is 3. The predicted molar refractivity (Wildman–Crippen MR) is 79.4 cm³/mol. The van der Waals surface area contributed by atoms with Crippen LogP contribution >= 0.6 is 0 Å². The summed E-state index contributed by atoms with van der Waals surface area (Å²) in [5.41, 5.74) is 2.67. The average molecular weight is 262 g/mol. The van der Waals surface area contributed by atoms with E-state index in [1.807, 2.05) is 7.05 Å². The Morgan fingerprint density at radius 3 is 2.42 bits per heavy atom. The van der Waals surface area contributed by atoms with Crippen molar-refractivity contribution in [2.45, 2.75) is 32.0 Å². The van der Waals surface area contributed by atoms with Crippen LogP contribution in [-0.4, -0.2) is 44.7 Å². The first-order valence-electron chi connectivity index (χ1n) is 7.30. The summed E-state index contributed by atoms with van der Waals surface area (Å²) < 4.78 is 6.00. The molecule has 0 amide bonds. The molecule has 0 radical (unpaired) electrons. The molecule has 1 aliphatic rings. The van der Waals surface area contributed by atoms with E-state index in [1.165, 1.54) is 11.1 Å². The predicted octanol–water partition coefficient (Wildman–Crippen LogP) is 2.06. The number of piperidine rings is 1. The first kappa shape index (κ1) is 14.5. The zero-order valence-electron chi connectivity index (χ0n) is 12.2. The Kier molecular flexibility index (Phi) is 5.83. The van der Waals surface area contributed by atoms with Gasteiger partial charge in [-0.3, -0.25) is 0 Å². The zero-order chi connectivity index (χ0) is 13.5. The van der Waals surface area contributed by atoms with Crippen LogP contribution in [0.3, 0.4) is 0 Å². The Balaban J connectivity index is 1.73. The molecule has 1 fully saturated rings. The van der Waals surface area contributed by atoms with Gasteiger partial charge in [0.15, 0.2) is 0 Å². The van der Waals surface area contributed by atoms with Crippen molar-refractivity contribution in [3.05, 3.63) is 35.4 Å². The number of nitrogens with one attached hydrogen (secondary N) is 1. The molecular formula is C16H26N2O. The van der Waals surface area contributed by atoms with E-state index in [-0.39, 0.29) is 0 Å². The second-order valence-corrected chi connectivity index (χ2v) is 5.48. The lowest BCUT2D eigenvalue weighted by Gasteiger charge is -2.28. The summed E-state index contributed by atoms with van der Waals surface area (Å²) in [6.45, 7) is 4.10. The molecule has 0 bridgehead atoms. The third-order valence-corrected chi connectivity index (χ3v) is 3.84. The summed E-state index contributed by atoms with van der Waals surface area (Å²) >= 11 is 0. The molecular weight excluding hydrogens is 236 g/mol. The second kappa shape index (κ2) is 7.63. The minimum Gasteiger partial charge on any atom is -0.373 e.